The predicted octanol–water partition coefficient (Wildman–Crippen LogP) is 0.179. The van der Waals surface area contributed by atoms with Crippen molar-refractivity contribution in [1.29, 1.82) is 0 Å². The fraction of sp³-hybridized carbons (Fsp3) is 0.300. The fourth-order valence-corrected chi connectivity index (χ4v) is 2.95. The number of benzene rings is 1. The van der Waals surface area contributed by atoms with Crippen LogP contribution >= 0.6 is 8.03 Å². The summed E-state index contributed by atoms with van der Waals surface area (Å²) in [6, 6.07) is 6.97. The average Bonchev–Trinajstić information content (AvgIpc) is 2.56. The standard InChI is InChI=1S/C10H9O4P/c11-10(12)9-7-4-2-1-3-6(7)5-8(9)15(13)14/h1-4,8-9H,5H2,(H-,11,12,13,14)/t8-,9+/m0/s1. The molecule has 15 heavy (non-hydrogen) atoms. The Hall–Kier alpha value is -1.25. The maximum atomic E-state index is 11.0. The molecular weight excluding hydrogens is 215 g/mol. The first-order chi connectivity index (χ1) is 7.11. The second-order valence-corrected chi connectivity index (χ2v) is 4.84. The van der Waals surface area contributed by atoms with E-state index in [1.165, 1.54) is 0 Å². The Bertz CT molecular complexity index is 429. The van der Waals surface area contributed by atoms with Gasteiger partial charge in [-0.05, 0) is 15.7 Å². The predicted molar refractivity (Wildman–Crippen MR) is 51.5 cm³/mol. The number of hydrogen-bond donors (Lipinski definition) is 1. The van der Waals surface area contributed by atoms with Crippen molar-refractivity contribution < 1.29 is 19.4 Å². The van der Waals surface area contributed by atoms with Crippen LogP contribution in [0, 0.1) is 0 Å². The van der Waals surface area contributed by atoms with Gasteiger partial charge < -0.3 is 9.90 Å². The molecule has 1 unspecified atom stereocenters. The van der Waals surface area contributed by atoms with E-state index in [2.05, 4.69) is 0 Å². The molecule has 0 fully saturated rings. The molecule has 1 aromatic carbocycles. The van der Waals surface area contributed by atoms with Crippen LogP contribution in [0.15, 0.2) is 24.3 Å². The van der Waals surface area contributed by atoms with E-state index in [-0.39, 0.29) is 0 Å². The van der Waals surface area contributed by atoms with Gasteiger partial charge in [0, 0.05) is 6.42 Å². The number of carboxylic acid groups (broad SMARTS) is 1. The van der Waals surface area contributed by atoms with Crippen molar-refractivity contribution >= 4 is 14.0 Å². The molecule has 3 atom stereocenters. The molecule has 78 valence electrons. The molecule has 0 radical (unpaired) electrons. The largest absolute Gasteiger partial charge is 0.549 e. The maximum absolute atomic E-state index is 11.0. The summed E-state index contributed by atoms with van der Waals surface area (Å²) in [5.74, 6) is -2.22. The van der Waals surface area contributed by atoms with Crippen LogP contribution in [0.4, 0.5) is 0 Å². The first-order valence-corrected chi connectivity index (χ1v) is 5.83. The molecule has 4 nitrogen and oxygen atoms in total. The van der Waals surface area contributed by atoms with Gasteiger partial charge in [0.2, 0.25) is 5.66 Å². The molecule has 5 heteroatoms. The Balaban J connectivity index is 2.46. The van der Waals surface area contributed by atoms with Crippen molar-refractivity contribution in [2.75, 3.05) is 0 Å². The Kier molecular flexibility index (Phi) is 2.55. The summed E-state index contributed by atoms with van der Waals surface area (Å²) in [6.07, 6.45) is 0.334. The molecule has 0 aromatic heterocycles. The van der Waals surface area contributed by atoms with Gasteiger partial charge in [-0.25, -0.2) is 0 Å². The highest BCUT2D eigenvalue weighted by Crippen LogP contribution is 2.44. The lowest BCUT2D eigenvalue weighted by Gasteiger charge is -2.12. The zero-order valence-corrected chi connectivity index (χ0v) is 8.68. The first-order valence-electron chi connectivity index (χ1n) is 4.55. The molecule has 1 N–H and O–H groups in total. The van der Waals surface area contributed by atoms with E-state index in [9.17, 15) is 14.5 Å². The highest BCUT2D eigenvalue weighted by molar-refractivity contribution is 7.39. The van der Waals surface area contributed by atoms with E-state index in [4.69, 9.17) is 4.89 Å². The minimum absolute atomic E-state index is 0.334. The van der Waals surface area contributed by atoms with Crippen LogP contribution < -0.4 is 5.11 Å². The van der Waals surface area contributed by atoms with Crippen LogP contribution in [0.1, 0.15) is 17.0 Å². The number of rotatable bonds is 2. The van der Waals surface area contributed by atoms with E-state index in [1.807, 2.05) is 0 Å². The van der Waals surface area contributed by atoms with Crippen molar-refractivity contribution in [3.05, 3.63) is 35.4 Å². The van der Waals surface area contributed by atoms with Gasteiger partial charge in [-0.1, -0.05) is 24.3 Å². The van der Waals surface area contributed by atoms with Crippen LogP contribution in [0.5, 0.6) is 0 Å². The third-order valence-corrected chi connectivity index (χ3v) is 3.79. The lowest BCUT2D eigenvalue weighted by Crippen LogP contribution is -2.33. The molecule has 0 aliphatic heterocycles. The van der Waals surface area contributed by atoms with Gasteiger partial charge in [-0.3, -0.25) is 0 Å². The topological polar surface area (TPSA) is 77.4 Å². The summed E-state index contributed by atoms with van der Waals surface area (Å²) in [5, 5.41) is 10.9. The second-order valence-electron chi connectivity index (χ2n) is 3.57. The lowest BCUT2D eigenvalue weighted by molar-refractivity contribution is -0.307. The molecule has 0 spiro atoms. The molecule has 0 saturated carbocycles. The molecule has 1 aliphatic carbocycles. The highest BCUT2D eigenvalue weighted by atomic mass is 31.1. The summed E-state index contributed by atoms with van der Waals surface area (Å²) in [4.78, 5) is 20.0. The Morgan fingerprint density at radius 2 is 2.13 bits per heavy atom. The van der Waals surface area contributed by atoms with Crippen molar-refractivity contribution in [3.63, 3.8) is 0 Å². The summed E-state index contributed by atoms with van der Waals surface area (Å²) < 4.78 is 11.0. The van der Waals surface area contributed by atoms with Crippen LogP contribution in [0.3, 0.4) is 0 Å². The molecule has 0 saturated heterocycles. The molecule has 2 rings (SSSR count). The van der Waals surface area contributed by atoms with Gasteiger partial charge in [0.1, 0.15) is 0 Å². The van der Waals surface area contributed by atoms with Gasteiger partial charge in [-0.2, -0.15) is 4.89 Å². The first kappa shape index (κ1) is 10.3. The van der Waals surface area contributed by atoms with Crippen LogP contribution in [-0.2, 0) is 15.8 Å². The molecule has 0 amide bonds. The van der Waals surface area contributed by atoms with Gasteiger partial charge in [0.25, 0.3) is 0 Å². The smallest absolute Gasteiger partial charge is 0.510 e. The van der Waals surface area contributed by atoms with Crippen molar-refractivity contribution in [2.24, 2.45) is 0 Å². The van der Waals surface area contributed by atoms with Crippen molar-refractivity contribution in [1.82, 2.24) is 0 Å². The van der Waals surface area contributed by atoms with E-state index < -0.39 is 25.6 Å². The van der Waals surface area contributed by atoms with Crippen LogP contribution in [-0.4, -0.2) is 16.5 Å². The summed E-state index contributed by atoms with van der Waals surface area (Å²) in [5.41, 5.74) is 0.691. The Morgan fingerprint density at radius 3 is 2.73 bits per heavy atom. The lowest BCUT2D eigenvalue weighted by atomic mass is 10.0. The SMILES string of the molecule is O=C([O-])[C@@H]1c2ccccc2C[C@@H]1[P+](=O)O. The van der Waals surface area contributed by atoms with Gasteiger partial charge in [0.05, 0.1) is 11.9 Å². The number of fused-ring (bicyclic) bond motifs is 1. The highest BCUT2D eigenvalue weighted by Gasteiger charge is 2.45. The average molecular weight is 224 g/mol. The van der Waals surface area contributed by atoms with Crippen LogP contribution in [0.25, 0.3) is 0 Å². The molecular formula is C10H9O4P. The molecule has 0 bridgehead atoms. The minimum Gasteiger partial charge on any atom is -0.549 e. The van der Waals surface area contributed by atoms with Gasteiger partial charge in [0.15, 0.2) is 0 Å². The van der Waals surface area contributed by atoms with Gasteiger partial charge in [-0.15, -0.1) is 0 Å². The van der Waals surface area contributed by atoms with Crippen molar-refractivity contribution in [2.45, 2.75) is 18.0 Å². The second kappa shape index (κ2) is 3.72. The summed E-state index contributed by atoms with van der Waals surface area (Å²) in [7, 11) is -2.49. The number of carbonyl (C=O) groups is 1. The number of carboxylic acids is 1. The fourth-order valence-electron chi connectivity index (χ4n) is 2.06. The minimum atomic E-state index is -2.49. The number of aliphatic carboxylic acids is 1. The van der Waals surface area contributed by atoms with E-state index in [0.717, 1.165) is 5.56 Å². The third kappa shape index (κ3) is 1.66. The molecule has 1 aromatic rings. The quantitative estimate of drug-likeness (QED) is 0.727. The Morgan fingerprint density at radius 1 is 1.47 bits per heavy atom. The zero-order valence-electron chi connectivity index (χ0n) is 7.79. The monoisotopic (exact) mass is 224 g/mol. The van der Waals surface area contributed by atoms with E-state index in [1.54, 1.807) is 24.3 Å². The van der Waals surface area contributed by atoms with Crippen LogP contribution in [0.2, 0.25) is 0 Å². The maximum Gasteiger partial charge on any atom is 0.510 e. The zero-order chi connectivity index (χ0) is 11.0. The summed E-state index contributed by atoms with van der Waals surface area (Å²) >= 11 is 0. The Labute approximate surface area is 87.4 Å². The van der Waals surface area contributed by atoms with Gasteiger partial charge >= 0.3 is 8.03 Å². The summed E-state index contributed by atoms with van der Waals surface area (Å²) in [6.45, 7) is 0. The number of carbonyl (C=O) groups excluding carboxylic acids is 1. The normalized spacial score (nSPS) is 24.7. The van der Waals surface area contributed by atoms with Crippen molar-refractivity contribution in [3.8, 4) is 0 Å². The molecule has 1 aliphatic rings. The third-order valence-electron chi connectivity index (χ3n) is 2.74. The van der Waals surface area contributed by atoms with E-state index >= 15 is 0 Å². The number of hydrogen-bond acceptors (Lipinski definition) is 3. The molecule has 0 heterocycles. The van der Waals surface area contributed by atoms with E-state index in [0.29, 0.717) is 12.0 Å².